The molecule has 1 fully saturated rings. The minimum Gasteiger partial charge on any atom is -0.355 e. The van der Waals surface area contributed by atoms with Crippen LogP contribution in [0.5, 0.6) is 0 Å². The molecule has 2 unspecified atom stereocenters. The van der Waals surface area contributed by atoms with Crippen LogP contribution >= 0.6 is 0 Å². The van der Waals surface area contributed by atoms with Gasteiger partial charge in [0.25, 0.3) is 0 Å². The Hall–Kier alpha value is -1.09. The summed E-state index contributed by atoms with van der Waals surface area (Å²) in [6, 6.07) is 4.44. The third-order valence-electron chi connectivity index (χ3n) is 2.92. The molecule has 0 amide bonds. The fourth-order valence-corrected chi connectivity index (χ4v) is 2.28. The molecule has 2 rings (SSSR count). The number of nitrogens with two attached hydrogens (primary N) is 1. The molecule has 1 aliphatic rings. The second-order valence-electron chi connectivity index (χ2n) is 4.70. The van der Waals surface area contributed by atoms with Crippen LogP contribution < -0.4 is 10.6 Å². The van der Waals surface area contributed by atoms with Gasteiger partial charge in [0.2, 0.25) is 0 Å². The van der Waals surface area contributed by atoms with Crippen molar-refractivity contribution < 1.29 is 0 Å². The molecule has 0 aromatic carbocycles. The van der Waals surface area contributed by atoms with Gasteiger partial charge in [-0.2, -0.15) is 0 Å². The lowest BCUT2D eigenvalue weighted by molar-refractivity contribution is 0.400. The molecule has 82 valence electrons. The summed E-state index contributed by atoms with van der Waals surface area (Å²) in [6.07, 6.45) is 3.00. The number of hydrogen-bond donors (Lipinski definition) is 1. The lowest BCUT2D eigenvalue weighted by Crippen LogP contribution is -2.46. The van der Waals surface area contributed by atoms with Crippen molar-refractivity contribution in [3.63, 3.8) is 0 Å². The predicted octanol–water partition coefficient (Wildman–Crippen LogP) is 1.56. The monoisotopic (exact) mass is 205 g/mol. The molecule has 2 heterocycles. The number of aromatic nitrogens is 1. The number of nitrogens with zero attached hydrogens (tertiary/aromatic N) is 2. The highest BCUT2D eigenvalue weighted by molar-refractivity contribution is 5.41. The van der Waals surface area contributed by atoms with Gasteiger partial charge in [0.15, 0.2) is 0 Å². The van der Waals surface area contributed by atoms with Gasteiger partial charge in [-0.1, -0.05) is 6.92 Å². The summed E-state index contributed by atoms with van der Waals surface area (Å²) < 4.78 is 0. The number of anilines is 1. The van der Waals surface area contributed by atoms with Crippen molar-refractivity contribution in [1.82, 2.24) is 4.98 Å². The summed E-state index contributed by atoms with van der Waals surface area (Å²) in [5, 5.41) is 0. The van der Waals surface area contributed by atoms with E-state index in [9.17, 15) is 0 Å². The van der Waals surface area contributed by atoms with Gasteiger partial charge >= 0.3 is 0 Å². The summed E-state index contributed by atoms with van der Waals surface area (Å²) in [5.74, 6) is 1.73. The van der Waals surface area contributed by atoms with Crippen molar-refractivity contribution in [3.8, 4) is 0 Å². The zero-order valence-electron chi connectivity index (χ0n) is 9.48. The summed E-state index contributed by atoms with van der Waals surface area (Å²) in [4.78, 5) is 6.70. The molecular weight excluding hydrogens is 186 g/mol. The van der Waals surface area contributed by atoms with Crippen molar-refractivity contribution >= 4 is 5.82 Å². The SMILES string of the molecule is Cc1ccnc(N2CC(C)CC(N)C2)c1. The maximum absolute atomic E-state index is 6.02. The van der Waals surface area contributed by atoms with Crippen LogP contribution in [0, 0.1) is 12.8 Å². The molecule has 0 aliphatic carbocycles. The van der Waals surface area contributed by atoms with Crippen molar-refractivity contribution in [2.24, 2.45) is 11.7 Å². The Morgan fingerprint density at radius 1 is 1.47 bits per heavy atom. The van der Waals surface area contributed by atoms with Gasteiger partial charge in [-0.15, -0.1) is 0 Å². The third-order valence-corrected chi connectivity index (χ3v) is 2.92. The van der Waals surface area contributed by atoms with E-state index >= 15 is 0 Å². The Morgan fingerprint density at radius 3 is 2.93 bits per heavy atom. The molecule has 2 atom stereocenters. The third kappa shape index (κ3) is 2.48. The quantitative estimate of drug-likeness (QED) is 0.756. The molecule has 0 saturated carbocycles. The molecule has 2 N–H and O–H groups in total. The average molecular weight is 205 g/mol. The number of piperidine rings is 1. The largest absolute Gasteiger partial charge is 0.355 e. The van der Waals surface area contributed by atoms with Crippen LogP contribution in [-0.4, -0.2) is 24.1 Å². The van der Waals surface area contributed by atoms with Gasteiger partial charge in [-0.3, -0.25) is 0 Å². The summed E-state index contributed by atoms with van der Waals surface area (Å²) in [6.45, 7) is 6.35. The summed E-state index contributed by atoms with van der Waals surface area (Å²) in [5.41, 5.74) is 7.28. The molecule has 3 nitrogen and oxygen atoms in total. The smallest absolute Gasteiger partial charge is 0.128 e. The van der Waals surface area contributed by atoms with Crippen LogP contribution in [0.25, 0.3) is 0 Å². The predicted molar refractivity (Wildman–Crippen MR) is 62.9 cm³/mol. The van der Waals surface area contributed by atoms with Crippen molar-refractivity contribution in [3.05, 3.63) is 23.9 Å². The number of hydrogen-bond acceptors (Lipinski definition) is 3. The standard InChI is InChI=1S/C12H19N3/c1-9-3-4-14-12(6-9)15-7-10(2)5-11(13)8-15/h3-4,6,10-11H,5,7-8,13H2,1-2H3. The van der Waals surface area contributed by atoms with E-state index in [1.807, 2.05) is 12.3 Å². The fraction of sp³-hybridized carbons (Fsp3) is 0.583. The molecule has 1 aromatic rings. The molecular formula is C12H19N3. The van der Waals surface area contributed by atoms with Crippen molar-refractivity contribution in [1.29, 1.82) is 0 Å². The zero-order chi connectivity index (χ0) is 10.8. The van der Waals surface area contributed by atoms with E-state index in [0.29, 0.717) is 5.92 Å². The highest BCUT2D eigenvalue weighted by atomic mass is 15.2. The second kappa shape index (κ2) is 4.19. The first-order chi connectivity index (χ1) is 7.15. The minimum absolute atomic E-state index is 0.288. The topological polar surface area (TPSA) is 42.2 Å². The molecule has 15 heavy (non-hydrogen) atoms. The molecule has 0 radical (unpaired) electrons. The lowest BCUT2D eigenvalue weighted by Gasteiger charge is -2.35. The minimum atomic E-state index is 0.288. The molecule has 1 aromatic heterocycles. The van der Waals surface area contributed by atoms with E-state index in [1.54, 1.807) is 0 Å². The molecule has 0 bridgehead atoms. The summed E-state index contributed by atoms with van der Waals surface area (Å²) >= 11 is 0. The normalized spacial score (nSPS) is 26.7. The van der Waals surface area contributed by atoms with Gasteiger partial charge in [0, 0.05) is 25.3 Å². The maximum atomic E-state index is 6.02. The van der Waals surface area contributed by atoms with E-state index in [2.05, 4.69) is 29.8 Å². The number of pyridine rings is 1. The Balaban J connectivity index is 2.16. The van der Waals surface area contributed by atoms with E-state index in [-0.39, 0.29) is 6.04 Å². The highest BCUT2D eigenvalue weighted by Crippen LogP contribution is 2.20. The lowest BCUT2D eigenvalue weighted by atomic mass is 9.96. The first kappa shape index (κ1) is 10.4. The number of aryl methyl sites for hydroxylation is 1. The van der Waals surface area contributed by atoms with Crippen LogP contribution in [0.2, 0.25) is 0 Å². The van der Waals surface area contributed by atoms with Gasteiger partial charge in [-0.05, 0) is 37.0 Å². The average Bonchev–Trinajstić information content (AvgIpc) is 2.16. The molecule has 0 spiro atoms. The Labute approximate surface area is 91.3 Å². The van der Waals surface area contributed by atoms with Crippen molar-refractivity contribution in [2.75, 3.05) is 18.0 Å². The summed E-state index contributed by atoms with van der Waals surface area (Å²) in [7, 11) is 0. The molecule has 3 heteroatoms. The second-order valence-corrected chi connectivity index (χ2v) is 4.70. The van der Waals surface area contributed by atoms with Crippen LogP contribution in [0.3, 0.4) is 0 Å². The Kier molecular flexibility index (Phi) is 2.91. The van der Waals surface area contributed by atoms with Crippen LogP contribution in [0.4, 0.5) is 5.82 Å². The zero-order valence-corrected chi connectivity index (χ0v) is 9.48. The first-order valence-corrected chi connectivity index (χ1v) is 5.58. The van der Waals surface area contributed by atoms with Gasteiger partial charge < -0.3 is 10.6 Å². The van der Waals surface area contributed by atoms with Crippen LogP contribution in [0.1, 0.15) is 18.9 Å². The van der Waals surface area contributed by atoms with Crippen LogP contribution in [-0.2, 0) is 0 Å². The highest BCUT2D eigenvalue weighted by Gasteiger charge is 2.22. The van der Waals surface area contributed by atoms with E-state index in [0.717, 1.165) is 25.3 Å². The number of rotatable bonds is 1. The van der Waals surface area contributed by atoms with Crippen LogP contribution in [0.15, 0.2) is 18.3 Å². The Morgan fingerprint density at radius 2 is 2.27 bits per heavy atom. The first-order valence-electron chi connectivity index (χ1n) is 5.58. The van der Waals surface area contributed by atoms with Crippen molar-refractivity contribution in [2.45, 2.75) is 26.3 Å². The Bertz CT molecular complexity index is 327. The van der Waals surface area contributed by atoms with E-state index in [1.165, 1.54) is 5.56 Å². The van der Waals surface area contributed by atoms with Gasteiger partial charge in [-0.25, -0.2) is 4.98 Å². The van der Waals surface area contributed by atoms with E-state index < -0.39 is 0 Å². The fourth-order valence-electron chi connectivity index (χ4n) is 2.28. The molecule has 1 aliphatic heterocycles. The van der Waals surface area contributed by atoms with Gasteiger partial charge in [0.05, 0.1) is 0 Å². The molecule has 1 saturated heterocycles. The van der Waals surface area contributed by atoms with E-state index in [4.69, 9.17) is 5.73 Å². The van der Waals surface area contributed by atoms with Gasteiger partial charge in [0.1, 0.15) is 5.82 Å². The maximum Gasteiger partial charge on any atom is 0.128 e.